The molecule has 0 aliphatic heterocycles. The van der Waals surface area contributed by atoms with Crippen molar-refractivity contribution in [1.82, 2.24) is 9.99 Å². The summed E-state index contributed by atoms with van der Waals surface area (Å²) >= 11 is 11.6. The molecule has 3 rings (SSSR count). The summed E-state index contributed by atoms with van der Waals surface area (Å²) in [5.41, 5.74) is 7.10. The van der Waals surface area contributed by atoms with Crippen molar-refractivity contribution in [2.45, 2.75) is 26.3 Å². The molecule has 3 aromatic rings. The van der Waals surface area contributed by atoms with E-state index in [1.54, 1.807) is 6.21 Å². The Morgan fingerprint density at radius 2 is 1.86 bits per heavy atom. The number of nitrogens with one attached hydrogen (secondary N) is 2. The monoisotopic (exact) mass is 410 g/mol. The summed E-state index contributed by atoms with van der Waals surface area (Å²) in [6, 6.07) is 20.0. The Labute approximate surface area is 176 Å². The first-order valence-electron chi connectivity index (χ1n) is 9.11. The van der Waals surface area contributed by atoms with Crippen molar-refractivity contribution in [3.63, 3.8) is 0 Å². The maximum Gasteiger partial charge on any atom is 0.191 e. The van der Waals surface area contributed by atoms with E-state index in [0.29, 0.717) is 17.6 Å². The van der Waals surface area contributed by atoms with Crippen LogP contribution in [0.1, 0.15) is 36.6 Å². The van der Waals surface area contributed by atoms with Crippen LogP contribution in [0.15, 0.2) is 72.0 Å². The number of hydrogen-bond acceptors (Lipinski definition) is 2. The topological polar surface area (TPSA) is 41.4 Å². The lowest BCUT2D eigenvalue weighted by Crippen LogP contribution is -2.24. The molecule has 0 saturated carbocycles. The van der Waals surface area contributed by atoms with Crippen molar-refractivity contribution >= 4 is 40.8 Å². The second-order valence-electron chi connectivity index (χ2n) is 6.75. The number of thiocarbonyl (C=S) groups is 1. The van der Waals surface area contributed by atoms with Crippen LogP contribution < -0.4 is 10.7 Å². The van der Waals surface area contributed by atoms with Crippen molar-refractivity contribution in [2.75, 3.05) is 5.32 Å². The molecule has 1 heterocycles. The molecule has 0 aliphatic carbocycles. The van der Waals surface area contributed by atoms with Gasteiger partial charge in [0.25, 0.3) is 0 Å². The summed E-state index contributed by atoms with van der Waals surface area (Å²) < 4.78 is 2.08. The van der Waals surface area contributed by atoms with Crippen LogP contribution in [0.2, 0.25) is 5.02 Å². The predicted molar refractivity (Wildman–Crippen MR) is 122 cm³/mol. The highest BCUT2D eigenvalue weighted by Crippen LogP contribution is 2.18. The maximum absolute atomic E-state index is 6.26. The Bertz CT molecular complexity index is 961. The molecular weight excluding hydrogens is 388 g/mol. The van der Waals surface area contributed by atoms with Gasteiger partial charge in [-0.2, -0.15) is 5.10 Å². The van der Waals surface area contributed by atoms with Gasteiger partial charge in [-0.15, -0.1) is 0 Å². The first-order valence-corrected chi connectivity index (χ1v) is 9.90. The molecule has 6 heteroatoms. The van der Waals surface area contributed by atoms with E-state index in [1.807, 2.05) is 54.7 Å². The highest BCUT2D eigenvalue weighted by molar-refractivity contribution is 7.80. The molecule has 0 aliphatic rings. The van der Waals surface area contributed by atoms with Gasteiger partial charge >= 0.3 is 0 Å². The van der Waals surface area contributed by atoms with E-state index in [-0.39, 0.29) is 0 Å². The van der Waals surface area contributed by atoms with Crippen LogP contribution >= 0.6 is 23.8 Å². The van der Waals surface area contributed by atoms with Gasteiger partial charge in [0.1, 0.15) is 0 Å². The van der Waals surface area contributed by atoms with Gasteiger partial charge in [0, 0.05) is 23.5 Å². The van der Waals surface area contributed by atoms with Crippen LogP contribution in [0, 0.1) is 0 Å². The Hall–Kier alpha value is -2.63. The molecule has 0 fully saturated rings. The lowest BCUT2D eigenvalue weighted by molar-refractivity contribution is 0.799. The van der Waals surface area contributed by atoms with Gasteiger partial charge in [0.15, 0.2) is 5.11 Å². The highest BCUT2D eigenvalue weighted by Gasteiger charge is 2.04. The largest absolute Gasteiger partial charge is 0.342 e. The molecule has 0 saturated heterocycles. The number of halogens is 1. The molecule has 0 bridgehead atoms. The van der Waals surface area contributed by atoms with Crippen LogP contribution in [0.25, 0.3) is 0 Å². The molecule has 28 heavy (non-hydrogen) atoms. The molecular formula is C22H23ClN4S. The van der Waals surface area contributed by atoms with E-state index in [2.05, 4.69) is 46.4 Å². The van der Waals surface area contributed by atoms with Crippen LogP contribution in [0.3, 0.4) is 0 Å². The molecule has 1 aromatic heterocycles. The van der Waals surface area contributed by atoms with Crippen molar-refractivity contribution in [3.8, 4) is 0 Å². The van der Waals surface area contributed by atoms with E-state index in [1.165, 1.54) is 5.56 Å². The Kier molecular flexibility index (Phi) is 6.85. The second kappa shape index (κ2) is 9.53. The van der Waals surface area contributed by atoms with Gasteiger partial charge in [-0.05, 0) is 59.6 Å². The fourth-order valence-electron chi connectivity index (χ4n) is 2.77. The molecule has 144 valence electrons. The average Bonchev–Trinajstić information content (AvgIpc) is 3.11. The molecule has 2 N–H and O–H groups in total. The Morgan fingerprint density at radius 3 is 2.57 bits per heavy atom. The SMILES string of the molecule is CC(C)c1ccc(NC(=S)NN=Cc2cccn2Cc2ccccc2Cl)cc1. The number of aromatic nitrogens is 1. The smallest absolute Gasteiger partial charge is 0.191 e. The van der Waals surface area contributed by atoms with Gasteiger partial charge in [-0.3, -0.25) is 5.43 Å². The van der Waals surface area contributed by atoms with Crippen LogP contribution in [0.5, 0.6) is 0 Å². The molecule has 2 aromatic carbocycles. The van der Waals surface area contributed by atoms with Gasteiger partial charge < -0.3 is 9.88 Å². The van der Waals surface area contributed by atoms with Crippen LogP contribution in [-0.2, 0) is 6.54 Å². The minimum Gasteiger partial charge on any atom is -0.342 e. The van der Waals surface area contributed by atoms with Gasteiger partial charge in [0.05, 0.1) is 11.9 Å². The fraction of sp³-hybridized carbons (Fsp3) is 0.182. The van der Waals surface area contributed by atoms with Gasteiger partial charge in [-0.1, -0.05) is 55.8 Å². The third-order valence-corrected chi connectivity index (χ3v) is 4.92. The zero-order valence-corrected chi connectivity index (χ0v) is 17.5. The fourth-order valence-corrected chi connectivity index (χ4v) is 3.13. The number of benzene rings is 2. The van der Waals surface area contributed by atoms with Gasteiger partial charge in [-0.25, -0.2) is 0 Å². The van der Waals surface area contributed by atoms with Gasteiger partial charge in [0.2, 0.25) is 0 Å². The van der Waals surface area contributed by atoms with Crippen molar-refractivity contribution < 1.29 is 0 Å². The standard InChI is InChI=1S/C22H23ClN4S/c1-16(2)17-9-11-19(12-10-17)25-22(28)26-24-14-20-7-5-13-27(20)15-18-6-3-4-8-21(18)23/h3-14,16H,15H2,1-2H3,(H2,25,26,28). The zero-order valence-electron chi connectivity index (χ0n) is 15.9. The number of rotatable bonds is 6. The molecule has 0 atom stereocenters. The van der Waals surface area contributed by atoms with Crippen molar-refractivity contribution in [1.29, 1.82) is 0 Å². The van der Waals surface area contributed by atoms with E-state index in [9.17, 15) is 0 Å². The average molecular weight is 411 g/mol. The number of anilines is 1. The Balaban J connectivity index is 1.57. The molecule has 0 unspecified atom stereocenters. The number of nitrogens with zero attached hydrogens (tertiary/aromatic N) is 2. The van der Waals surface area contributed by atoms with Crippen LogP contribution in [0.4, 0.5) is 5.69 Å². The normalized spacial score (nSPS) is 11.1. The molecule has 4 nitrogen and oxygen atoms in total. The summed E-state index contributed by atoms with van der Waals surface area (Å²) in [4.78, 5) is 0. The summed E-state index contributed by atoms with van der Waals surface area (Å²) in [6.07, 6.45) is 3.74. The number of hydrogen-bond donors (Lipinski definition) is 2. The third-order valence-electron chi connectivity index (χ3n) is 4.36. The first kappa shape index (κ1) is 20.1. The third kappa shape index (κ3) is 5.44. The summed E-state index contributed by atoms with van der Waals surface area (Å²) in [5.74, 6) is 0.505. The molecule has 0 radical (unpaired) electrons. The van der Waals surface area contributed by atoms with E-state index in [4.69, 9.17) is 23.8 Å². The summed E-state index contributed by atoms with van der Waals surface area (Å²) in [5, 5.41) is 8.58. The van der Waals surface area contributed by atoms with E-state index >= 15 is 0 Å². The summed E-state index contributed by atoms with van der Waals surface area (Å²) in [6.45, 7) is 5.02. The second-order valence-corrected chi connectivity index (χ2v) is 7.57. The minimum atomic E-state index is 0.442. The maximum atomic E-state index is 6.26. The molecule has 0 spiro atoms. The molecule has 0 amide bonds. The first-order chi connectivity index (χ1) is 13.5. The lowest BCUT2D eigenvalue weighted by atomic mass is 10.0. The van der Waals surface area contributed by atoms with E-state index < -0.39 is 0 Å². The van der Waals surface area contributed by atoms with Crippen molar-refractivity contribution in [2.24, 2.45) is 5.10 Å². The highest BCUT2D eigenvalue weighted by atomic mass is 35.5. The Morgan fingerprint density at radius 1 is 1.11 bits per heavy atom. The van der Waals surface area contributed by atoms with E-state index in [0.717, 1.165) is 22.0 Å². The predicted octanol–water partition coefficient (Wildman–Crippen LogP) is 5.63. The minimum absolute atomic E-state index is 0.442. The number of hydrazone groups is 1. The lowest BCUT2D eigenvalue weighted by Gasteiger charge is -2.10. The van der Waals surface area contributed by atoms with Crippen LogP contribution in [-0.4, -0.2) is 15.9 Å². The zero-order chi connectivity index (χ0) is 19.9. The quantitative estimate of drug-likeness (QED) is 0.314. The summed E-state index contributed by atoms with van der Waals surface area (Å²) in [7, 11) is 0. The van der Waals surface area contributed by atoms with Crippen molar-refractivity contribution in [3.05, 3.63) is 88.7 Å².